The van der Waals surface area contributed by atoms with Crippen molar-refractivity contribution in [1.82, 2.24) is 5.32 Å². The van der Waals surface area contributed by atoms with Crippen molar-refractivity contribution in [3.63, 3.8) is 0 Å². The second-order valence-corrected chi connectivity index (χ2v) is 4.73. The smallest absolute Gasteiger partial charge is 0.171 e. The van der Waals surface area contributed by atoms with E-state index < -0.39 is 0 Å². The Balaban J connectivity index is 2.45. The summed E-state index contributed by atoms with van der Waals surface area (Å²) in [4.78, 5) is 1.34. The molecule has 94 valence electrons. The van der Waals surface area contributed by atoms with E-state index in [9.17, 15) is 4.39 Å². The van der Waals surface area contributed by atoms with Crippen molar-refractivity contribution in [1.29, 1.82) is 0 Å². The normalized spacial score (nSPS) is 10.4. The Bertz CT molecular complexity index is 393. The lowest BCUT2D eigenvalue weighted by Gasteiger charge is -2.12. The first-order valence-electron chi connectivity index (χ1n) is 5.59. The maximum Gasteiger partial charge on any atom is 0.171 e. The van der Waals surface area contributed by atoms with Crippen molar-refractivity contribution >= 4 is 23.0 Å². The van der Waals surface area contributed by atoms with Crippen LogP contribution in [0.25, 0.3) is 0 Å². The number of aryl methyl sites for hydroxylation is 1. The van der Waals surface area contributed by atoms with Gasteiger partial charge in [-0.1, -0.05) is 6.07 Å². The molecule has 0 bridgehead atoms. The van der Waals surface area contributed by atoms with Gasteiger partial charge in [-0.15, -0.1) is 0 Å². The van der Waals surface area contributed by atoms with Crippen LogP contribution in [0.2, 0.25) is 0 Å². The second kappa shape index (κ2) is 6.51. The quantitative estimate of drug-likeness (QED) is 0.688. The van der Waals surface area contributed by atoms with Gasteiger partial charge in [0.1, 0.15) is 5.82 Å². The standard InChI is InChI=1S/C12H18FN3S/c1-9-4-5-11(10(13)8-9)15-12(17)14-6-7-16(2)3/h4-5,8H,6-7H2,1-3H3,(H2,14,15,17)/p+1. The van der Waals surface area contributed by atoms with Crippen LogP contribution in [-0.4, -0.2) is 32.3 Å². The third-order valence-electron chi connectivity index (χ3n) is 2.28. The van der Waals surface area contributed by atoms with Gasteiger partial charge >= 0.3 is 0 Å². The van der Waals surface area contributed by atoms with Gasteiger partial charge < -0.3 is 15.5 Å². The van der Waals surface area contributed by atoms with Crippen LogP contribution in [0.5, 0.6) is 0 Å². The molecule has 0 atom stereocenters. The van der Waals surface area contributed by atoms with Crippen LogP contribution in [0.1, 0.15) is 5.56 Å². The molecule has 0 aliphatic carbocycles. The van der Waals surface area contributed by atoms with Crippen molar-refractivity contribution in [3.05, 3.63) is 29.6 Å². The Morgan fingerprint density at radius 3 is 2.71 bits per heavy atom. The zero-order valence-electron chi connectivity index (χ0n) is 10.4. The average Bonchev–Trinajstić information content (AvgIpc) is 2.21. The molecule has 1 aromatic rings. The van der Waals surface area contributed by atoms with Gasteiger partial charge in [0.2, 0.25) is 0 Å². The summed E-state index contributed by atoms with van der Waals surface area (Å²) >= 11 is 5.08. The third kappa shape index (κ3) is 5.10. The molecule has 0 spiro atoms. The van der Waals surface area contributed by atoms with E-state index >= 15 is 0 Å². The third-order valence-corrected chi connectivity index (χ3v) is 2.53. The van der Waals surface area contributed by atoms with E-state index in [4.69, 9.17) is 12.2 Å². The molecule has 0 radical (unpaired) electrons. The zero-order valence-corrected chi connectivity index (χ0v) is 11.2. The Morgan fingerprint density at radius 2 is 2.12 bits per heavy atom. The first-order chi connectivity index (χ1) is 7.99. The maximum absolute atomic E-state index is 13.5. The van der Waals surface area contributed by atoms with Gasteiger partial charge in [-0.05, 0) is 36.8 Å². The fraction of sp³-hybridized carbons (Fsp3) is 0.417. The van der Waals surface area contributed by atoms with Crippen LogP contribution in [-0.2, 0) is 0 Å². The Hall–Kier alpha value is -1.20. The Morgan fingerprint density at radius 1 is 1.41 bits per heavy atom. The molecule has 5 heteroatoms. The number of anilines is 1. The molecule has 0 fully saturated rings. The number of nitrogens with one attached hydrogen (secondary N) is 3. The van der Waals surface area contributed by atoms with Crippen LogP contribution in [0, 0.1) is 12.7 Å². The van der Waals surface area contributed by atoms with Crippen LogP contribution in [0.4, 0.5) is 10.1 Å². The zero-order chi connectivity index (χ0) is 12.8. The van der Waals surface area contributed by atoms with Crippen LogP contribution < -0.4 is 15.5 Å². The van der Waals surface area contributed by atoms with Gasteiger partial charge in [0.25, 0.3) is 0 Å². The molecular formula is C12H19FN3S+. The van der Waals surface area contributed by atoms with Gasteiger partial charge in [0.05, 0.1) is 32.9 Å². The van der Waals surface area contributed by atoms with E-state index in [-0.39, 0.29) is 5.82 Å². The lowest BCUT2D eigenvalue weighted by Crippen LogP contribution is -3.06. The van der Waals surface area contributed by atoms with Crippen molar-refractivity contribution in [2.24, 2.45) is 0 Å². The van der Waals surface area contributed by atoms with Crippen LogP contribution in [0.15, 0.2) is 18.2 Å². The highest BCUT2D eigenvalue weighted by Crippen LogP contribution is 2.14. The Labute approximate surface area is 107 Å². The summed E-state index contributed by atoms with van der Waals surface area (Å²) in [6.07, 6.45) is 0. The molecule has 0 heterocycles. The van der Waals surface area contributed by atoms with E-state index in [1.807, 2.05) is 13.0 Å². The molecule has 3 N–H and O–H groups in total. The number of hydrogen-bond donors (Lipinski definition) is 3. The molecule has 1 aromatic carbocycles. The SMILES string of the molecule is Cc1ccc(NC(=S)NCC[NH+](C)C)c(F)c1. The average molecular weight is 256 g/mol. The number of rotatable bonds is 4. The topological polar surface area (TPSA) is 28.5 Å². The number of thiocarbonyl (C=S) groups is 1. The first kappa shape index (κ1) is 13.9. The van der Waals surface area contributed by atoms with Crippen molar-refractivity contribution in [2.45, 2.75) is 6.92 Å². The fourth-order valence-electron chi connectivity index (χ4n) is 1.31. The van der Waals surface area contributed by atoms with Crippen molar-refractivity contribution < 1.29 is 9.29 Å². The molecule has 0 saturated carbocycles. The molecule has 0 saturated heterocycles. The first-order valence-corrected chi connectivity index (χ1v) is 6.00. The summed E-state index contributed by atoms with van der Waals surface area (Å²) in [5, 5.41) is 6.34. The van der Waals surface area contributed by atoms with Gasteiger partial charge in [-0.25, -0.2) is 4.39 Å². The number of likely N-dealkylation sites (N-methyl/N-ethyl adjacent to an activating group) is 1. The molecule has 1 rings (SSSR count). The number of halogens is 1. The van der Waals surface area contributed by atoms with E-state index in [1.165, 1.54) is 11.0 Å². The van der Waals surface area contributed by atoms with Gasteiger partial charge in [0.15, 0.2) is 5.11 Å². The number of benzene rings is 1. The number of quaternary nitrogens is 1. The van der Waals surface area contributed by atoms with Crippen LogP contribution in [0.3, 0.4) is 0 Å². The Kier molecular flexibility index (Phi) is 5.31. The van der Waals surface area contributed by atoms with Gasteiger partial charge in [-0.3, -0.25) is 0 Å². The highest BCUT2D eigenvalue weighted by molar-refractivity contribution is 7.80. The lowest BCUT2D eigenvalue weighted by atomic mass is 10.2. The highest BCUT2D eigenvalue weighted by Gasteiger charge is 2.04. The van der Waals surface area contributed by atoms with E-state index in [0.29, 0.717) is 10.8 Å². The van der Waals surface area contributed by atoms with E-state index in [2.05, 4.69) is 24.7 Å². The molecule has 0 unspecified atom stereocenters. The summed E-state index contributed by atoms with van der Waals surface area (Å²) in [5.41, 5.74) is 1.30. The predicted molar refractivity (Wildman–Crippen MR) is 73.0 cm³/mol. The molecular weight excluding hydrogens is 237 g/mol. The molecule has 0 aromatic heterocycles. The van der Waals surface area contributed by atoms with Crippen molar-refractivity contribution in [3.8, 4) is 0 Å². The van der Waals surface area contributed by atoms with Crippen molar-refractivity contribution in [2.75, 3.05) is 32.5 Å². The minimum absolute atomic E-state index is 0.285. The molecule has 3 nitrogen and oxygen atoms in total. The summed E-state index contributed by atoms with van der Waals surface area (Å²) < 4.78 is 13.5. The van der Waals surface area contributed by atoms with E-state index in [0.717, 1.165) is 18.7 Å². The maximum atomic E-state index is 13.5. The summed E-state index contributed by atoms with van der Waals surface area (Å²) in [7, 11) is 4.13. The molecule has 17 heavy (non-hydrogen) atoms. The highest BCUT2D eigenvalue weighted by atomic mass is 32.1. The largest absolute Gasteiger partial charge is 0.357 e. The second-order valence-electron chi connectivity index (χ2n) is 4.32. The van der Waals surface area contributed by atoms with Crippen LogP contribution >= 0.6 is 12.2 Å². The summed E-state index contributed by atoms with van der Waals surface area (Å²) in [5.74, 6) is -0.285. The molecule has 0 aliphatic heterocycles. The lowest BCUT2D eigenvalue weighted by molar-refractivity contribution is -0.856. The van der Waals surface area contributed by atoms with Gasteiger partial charge in [0, 0.05) is 0 Å². The predicted octanol–water partition coefficient (Wildman–Crippen LogP) is 0.565. The molecule has 0 amide bonds. The minimum Gasteiger partial charge on any atom is -0.357 e. The van der Waals surface area contributed by atoms with Gasteiger partial charge in [-0.2, -0.15) is 0 Å². The monoisotopic (exact) mass is 256 g/mol. The minimum atomic E-state index is -0.285. The van der Waals surface area contributed by atoms with E-state index in [1.54, 1.807) is 6.07 Å². The molecule has 0 aliphatic rings. The summed E-state index contributed by atoms with van der Waals surface area (Å²) in [6.45, 7) is 3.57. The fourth-order valence-corrected chi connectivity index (χ4v) is 1.53. The summed E-state index contributed by atoms with van der Waals surface area (Å²) in [6, 6.07) is 5.02. The number of hydrogen-bond acceptors (Lipinski definition) is 1.